The third-order valence-electron chi connectivity index (χ3n) is 4.17. The van der Waals surface area contributed by atoms with E-state index in [1.807, 2.05) is 6.20 Å². The summed E-state index contributed by atoms with van der Waals surface area (Å²) >= 11 is 0. The first kappa shape index (κ1) is 13.4. The van der Waals surface area contributed by atoms with Crippen molar-refractivity contribution in [1.29, 1.82) is 0 Å². The van der Waals surface area contributed by atoms with Gasteiger partial charge in [-0.3, -0.25) is 0 Å². The van der Waals surface area contributed by atoms with Crippen molar-refractivity contribution in [3.05, 3.63) is 12.4 Å². The van der Waals surface area contributed by atoms with Crippen molar-refractivity contribution in [3.63, 3.8) is 0 Å². The fourth-order valence-corrected chi connectivity index (χ4v) is 3.17. The van der Waals surface area contributed by atoms with Crippen LogP contribution in [0, 0.1) is 11.8 Å². The van der Waals surface area contributed by atoms with Gasteiger partial charge in [-0.05, 0) is 31.1 Å². The number of hydrogen-bond acceptors (Lipinski definition) is 2. The smallest absolute Gasteiger partial charge is 0.202 e. The molecule has 0 aromatic carbocycles. The van der Waals surface area contributed by atoms with Crippen LogP contribution in [0.1, 0.15) is 52.9 Å². The molecule has 3 nitrogen and oxygen atoms in total. The van der Waals surface area contributed by atoms with Gasteiger partial charge in [-0.1, -0.05) is 33.6 Å². The number of nitrogens with one attached hydrogen (secondary N) is 1. The molecule has 1 fully saturated rings. The molecule has 1 N–H and O–H groups in total. The minimum atomic E-state index is 0.608. The number of anilines is 1. The quantitative estimate of drug-likeness (QED) is 0.857. The third kappa shape index (κ3) is 3.06. The Morgan fingerprint density at radius 1 is 1.39 bits per heavy atom. The normalized spacial score (nSPS) is 24.4. The van der Waals surface area contributed by atoms with E-state index in [-0.39, 0.29) is 0 Å². The van der Waals surface area contributed by atoms with Gasteiger partial charge in [0.2, 0.25) is 5.95 Å². The topological polar surface area (TPSA) is 29.9 Å². The van der Waals surface area contributed by atoms with E-state index in [0.29, 0.717) is 6.04 Å². The molecule has 0 radical (unpaired) electrons. The molecule has 0 aliphatic heterocycles. The number of nitrogens with zero attached hydrogens (tertiary/aromatic N) is 2. The van der Waals surface area contributed by atoms with Crippen LogP contribution in [-0.4, -0.2) is 15.6 Å². The molecule has 0 bridgehead atoms. The van der Waals surface area contributed by atoms with Crippen molar-refractivity contribution >= 4 is 5.95 Å². The Balaban J connectivity index is 2.04. The van der Waals surface area contributed by atoms with Crippen LogP contribution in [0.3, 0.4) is 0 Å². The van der Waals surface area contributed by atoms with E-state index in [0.717, 1.165) is 30.7 Å². The van der Waals surface area contributed by atoms with Gasteiger partial charge in [0, 0.05) is 25.0 Å². The molecule has 1 aliphatic carbocycles. The molecule has 2 atom stereocenters. The maximum absolute atomic E-state index is 4.47. The van der Waals surface area contributed by atoms with Gasteiger partial charge in [-0.25, -0.2) is 4.98 Å². The Morgan fingerprint density at radius 3 is 2.89 bits per heavy atom. The fraction of sp³-hybridized carbons (Fsp3) is 0.800. The van der Waals surface area contributed by atoms with E-state index in [2.05, 4.69) is 41.8 Å². The molecule has 0 saturated heterocycles. The van der Waals surface area contributed by atoms with Crippen molar-refractivity contribution < 1.29 is 0 Å². The van der Waals surface area contributed by atoms with Crippen LogP contribution in [0.25, 0.3) is 0 Å². The van der Waals surface area contributed by atoms with Crippen LogP contribution in [-0.2, 0) is 6.54 Å². The summed E-state index contributed by atoms with van der Waals surface area (Å²) in [6.45, 7) is 7.97. The number of imidazole rings is 1. The Labute approximate surface area is 111 Å². The van der Waals surface area contributed by atoms with Gasteiger partial charge < -0.3 is 9.88 Å². The Morgan fingerprint density at radius 2 is 2.17 bits per heavy atom. The first-order valence-electron chi connectivity index (χ1n) is 7.50. The fourth-order valence-electron chi connectivity index (χ4n) is 3.17. The SMILES string of the molecule is CCCn1ccnc1NC1CCCCC1C(C)C. The Kier molecular flexibility index (Phi) is 4.67. The van der Waals surface area contributed by atoms with Crippen LogP contribution in [0.5, 0.6) is 0 Å². The minimum Gasteiger partial charge on any atom is -0.353 e. The molecular weight excluding hydrogens is 222 g/mol. The monoisotopic (exact) mass is 249 g/mol. The van der Waals surface area contributed by atoms with Gasteiger partial charge in [0.25, 0.3) is 0 Å². The zero-order chi connectivity index (χ0) is 13.0. The molecule has 1 saturated carbocycles. The highest BCUT2D eigenvalue weighted by Crippen LogP contribution is 2.32. The summed E-state index contributed by atoms with van der Waals surface area (Å²) < 4.78 is 2.24. The Hall–Kier alpha value is -0.990. The van der Waals surface area contributed by atoms with Crippen molar-refractivity contribution in [2.75, 3.05) is 5.32 Å². The summed E-state index contributed by atoms with van der Waals surface area (Å²) in [4.78, 5) is 4.47. The lowest BCUT2D eigenvalue weighted by molar-refractivity contribution is 0.252. The van der Waals surface area contributed by atoms with Crippen LogP contribution >= 0.6 is 0 Å². The molecule has 0 spiro atoms. The van der Waals surface area contributed by atoms with Gasteiger partial charge in [-0.15, -0.1) is 0 Å². The average Bonchev–Trinajstić information content (AvgIpc) is 2.78. The summed E-state index contributed by atoms with van der Waals surface area (Å²) in [5.74, 6) is 2.62. The molecule has 18 heavy (non-hydrogen) atoms. The molecule has 3 heteroatoms. The maximum Gasteiger partial charge on any atom is 0.202 e. The van der Waals surface area contributed by atoms with Crippen LogP contribution in [0.4, 0.5) is 5.95 Å². The van der Waals surface area contributed by atoms with Crippen molar-refractivity contribution in [2.45, 2.75) is 65.5 Å². The molecular formula is C15H27N3. The molecule has 0 amide bonds. The zero-order valence-electron chi connectivity index (χ0n) is 12.0. The Bertz CT molecular complexity index is 356. The van der Waals surface area contributed by atoms with Gasteiger partial charge in [0.1, 0.15) is 0 Å². The van der Waals surface area contributed by atoms with E-state index in [1.165, 1.54) is 25.7 Å². The van der Waals surface area contributed by atoms with E-state index >= 15 is 0 Å². The molecule has 1 heterocycles. The maximum atomic E-state index is 4.47. The van der Waals surface area contributed by atoms with Crippen LogP contribution in [0.2, 0.25) is 0 Å². The average molecular weight is 249 g/mol. The lowest BCUT2D eigenvalue weighted by Crippen LogP contribution is -2.36. The number of aromatic nitrogens is 2. The predicted octanol–water partition coefficient (Wildman–Crippen LogP) is 3.92. The minimum absolute atomic E-state index is 0.608. The third-order valence-corrected chi connectivity index (χ3v) is 4.17. The van der Waals surface area contributed by atoms with E-state index in [1.54, 1.807) is 0 Å². The number of rotatable bonds is 5. The standard InChI is InChI=1S/C15H27N3/c1-4-10-18-11-9-16-15(18)17-14-8-6-5-7-13(14)12(2)3/h9,11-14H,4-8,10H2,1-3H3,(H,16,17). The zero-order valence-corrected chi connectivity index (χ0v) is 12.0. The second kappa shape index (κ2) is 6.26. The second-order valence-electron chi connectivity index (χ2n) is 5.89. The molecule has 2 unspecified atom stereocenters. The number of aryl methyl sites for hydroxylation is 1. The second-order valence-corrected chi connectivity index (χ2v) is 5.89. The summed E-state index contributed by atoms with van der Waals surface area (Å²) in [6, 6.07) is 0.608. The van der Waals surface area contributed by atoms with Gasteiger partial charge in [0.05, 0.1) is 0 Å². The summed E-state index contributed by atoms with van der Waals surface area (Å²) in [6.07, 6.45) is 10.6. The van der Waals surface area contributed by atoms with Gasteiger partial charge >= 0.3 is 0 Å². The van der Waals surface area contributed by atoms with E-state index < -0.39 is 0 Å². The van der Waals surface area contributed by atoms with Crippen molar-refractivity contribution in [2.24, 2.45) is 11.8 Å². The molecule has 1 aromatic rings. The first-order valence-corrected chi connectivity index (χ1v) is 7.50. The lowest BCUT2D eigenvalue weighted by Gasteiger charge is -2.35. The van der Waals surface area contributed by atoms with Crippen LogP contribution < -0.4 is 5.32 Å². The van der Waals surface area contributed by atoms with Gasteiger partial charge in [-0.2, -0.15) is 0 Å². The largest absolute Gasteiger partial charge is 0.353 e. The first-order chi connectivity index (χ1) is 8.72. The van der Waals surface area contributed by atoms with E-state index in [4.69, 9.17) is 0 Å². The van der Waals surface area contributed by atoms with E-state index in [9.17, 15) is 0 Å². The highest BCUT2D eigenvalue weighted by molar-refractivity contribution is 5.28. The van der Waals surface area contributed by atoms with Crippen molar-refractivity contribution in [1.82, 2.24) is 9.55 Å². The molecule has 2 rings (SSSR count). The van der Waals surface area contributed by atoms with Crippen molar-refractivity contribution in [3.8, 4) is 0 Å². The van der Waals surface area contributed by atoms with Gasteiger partial charge in [0.15, 0.2) is 0 Å². The summed E-state index contributed by atoms with van der Waals surface area (Å²) in [5.41, 5.74) is 0. The predicted molar refractivity (Wildman–Crippen MR) is 76.7 cm³/mol. The summed E-state index contributed by atoms with van der Waals surface area (Å²) in [5, 5.41) is 3.70. The van der Waals surface area contributed by atoms with Crippen LogP contribution in [0.15, 0.2) is 12.4 Å². The highest BCUT2D eigenvalue weighted by Gasteiger charge is 2.28. The highest BCUT2D eigenvalue weighted by atomic mass is 15.2. The lowest BCUT2D eigenvalue weighted by atomic mass is 9.78. The number of hydrogen-bond donors (Lipinski definition) is 1. The molecule has 1 aromatic heterocycles. The summed E-state index contributed by atoms with van der Waals surface area (Å²) in [7, 11) is 0. The molecule has 1 aliphatic rings. The molecule has 102 valence electrons.